The molecule has 0 unspecified atom stereocenters. The van der Waals surface area contributed by atoms with Crippen molar-refractivity contribution < 1.29 is 14.4 Å². The number of guanidine groups is 1. The van der Waals surface area contributed by atoms with E-state index in [1.54, 1.807) is 31.3 Å². The molecule has 0 radical (unpaired) electrons. The molecule has 1 aromatic rings. The third-order valence-corrected chi connectivity index (χ3v) is 5.93. The van der Waals surface area contributed by atoms with Crippen LogP contribution in [0.3, 0.4) is 0 Å². The normalized spacial score (nSPS) is 16.6. The predicted molar refractivity (Wildman–Crippen MR) is 135 cm³/mol. The van der Waals surface area contributed by atoms with E-state index in [9.17, 15) is 14.4 Å². The molecule has 3 amide bonds. The number of hydrogen-bond acceptors (Lipinski definition) is 4. The minimum absolute atomic E-state index is 0. The Bertz CT molecular complexity index is 802. The van der Waals surface area contributed by atoms with Gasteiger partial charge in [-0.15, -0.1) is 24.0 Å². The van der Waals surface area contributed by atoms with Crippen molar-refractivity contribution in [2.75, 3.05) is 39.8 Å². The minimum Gasteiger partial charge on any atom is -0.359 e. The fourth-order valence-electron chi connectivity index (χ4n) is 4.15. The molecule has 0 aliphatic carbocycles. The first-order valence-electron chi connectivity index (χ1n) is 11.2. The third kappa shape index (κ3) is 6.43. The second kappa shape index (κ2) is 12.8. The van der Waals surface area contributed by atoms with Crippen molar-refractivity contribution >= 4 is 47.7 Å². The van der Waals surface area contributed by atoms with Gasteiger partial charge in [0.2, 0.25) is 5.91 Å². The summed E-state index contributed by atoms with van der Waals surface area (Å²) in [6, 6.07) is 6.98. The Kier molecular flexibility index (Phi) is 10.4. The highest BCUT2D eigenvalue weighted by Gasteiger charge is 2.34. The van der Waals surface area contributed by atoms with Gasteiger partial charge in [-0.3, -0.25) is 24.3 Å². The van der Waals surface area contributed by atoms with E-state index in [1.807, 2.05) is 0 Å². The quantitative estimate of drug-likeness (QED) is 0.169. The number of nitrogens with one attached hydrogen (secondary N) is 2. The lowest BCUT2D eigenvalue weighted by molar-refractivity contribution is -0.121. The van der Waals surface area contributed by atoms with Crippen molar-refractivity contribution in [3.05, 3.63) is 35.4 Å². The lowest BCUT2D eigenvalue weighted by atomic mass is 9.93. The maximum absolute atomic E-state index is 12.4. The summed E-state index contributed by atoms with van der Waals surface area (Å²) in [6.07, 6.45) is 4.09. The van der Waals surface area contributed by atoms with Crippen LogP contribution in [-0.4, -0.2) is 73.3 Å². The molecule has 1 fully saturated rings. The number of fused-ring (bicyclic) bond motifs is 1. The fraction of sp³-hybridized carbons (Fsp3) is 0.565. The summed E-state index contributed by atoms with van der Waals surface area (Å²) in [7, 11) is 1.68. The molecule has 0 saturated carbocycles. The Hall–Kier alpha value is -2.17. The number of likely N-dealkylation sites (tertiary alicyclic amines) is 1. The minimum atomic E-state index is -0.197. The molecule has 2 aliphatic heterocycles. The maximum atomic E-state index is 12.4. The van der Waals surface area contributed by atoms with Gasteiger partial charge in [0.15, 0.2) is 5.96 Å². The summed E-state index contributed by atoms with van der Waals surface area (Å²) in [4.78, 5) is 44.8. The first kappa shape index (κ1) is 26.1. The van der Waals surface area contributed by atoms with Crippen LogP contribution in [0.15, 0.2) is 29.3 Å². The number of piperidine rings is 1. The first-order chi connectivity index (χ1) is 15.0. The number of aliphatic imine (C=N–C) groups is 1. The number of halogens is 1. The van der Waals surface area contributed by atoms with Crippen molar-refractivity contribution in [2.24, 2.45) is 10.9 Å². The van der Waals surface area contributed by atoms with Crippen LogP contribution in [0.4, 0.5) is 0 Å². The second-order valence-corrected chi connectivity index (χ2v) is 8.06. The molecule has 8 nitrogen and oxygen atoms in total. The molecule has 0 atom stereocenters. The van der Waals surface area contributed by atoms with E-state index >= 15 is 0 Å². The van der Waals surface area contributed by atoms with Gasteiger partial charge in [-0.2, -0.15) is 0 Å². The smallest absolute Gasteiger partial charge is 0.261 e. The largest absolute Gasteiger partial charge is 0.359 e. The number of carbonyl (C=O) groups is 3. The Morgan fingerprint density at radius 1 is 1.09 bits per heavy atom. The van der Waals surface area contributed by atoms with Crippen LogP contribution < -0.4 is 10.6 Å². The monoisotopic (exact) mass is 555 g/mol. The summed E-state index contributed by atoms with van der Waals surface area (Å²) >= 11 is 0. The highest BCUT2D eigenvalue weighted by Crippen LogP contribution is 2.23. The number of nitrogens with zero attached hydrogens (tertiary/aromatic N) is 3. The topological polar surface area (TPSA) is 94.1 Å². The van der Waals surface area contributed by atoms with Crippen molar-refractivity contribution in [3.8, 4) is 0 Å². The van der Waals surface area contributed by atoms with Crippen molar-refractivity contribution in [2.45, 2.75) is 39.0 Å². The van der Waals surface area contributed by atoms with Gasteiger partial charge in [0.1, 0.15) is 0 Å². The number of unbranched alkanes of at least 4 members (excludes halogenated alkanes) is 1. The molecule has 2 heterocycles. The second-order valence-electron chi connectivity index (χ2n) is 8.06. The number of hydrogen-bond donors (Lipinski definition) is 2. The van der Waals surface area contributed by atoms with Crippen LogP contribution in [0.1, 0.15) is 59.7 Å². The molecule has 1 aromatic carbocycles. The Morgan fingerprint density at radius 2 is 1.72 bits per heavy atom. The molecular weight excluding hydrogens is 521 g/mol. The average molecular weight is 555 g/mol. The molecule has 1 saturated heterocycles. The third-order valence-electron chi connectivity index (χ3n) is 5.93. The van der Waals surface area contributed by atoms with Crippen LogP contribution in [-0.2, 0) is 4.79 Å². The van der Waals surface area contributed by atoms with Gasteiger partial charge < -0.3 is 15.5 Å². The summed E-state index contributed by atoms with van der Waals surface area (Å²) in [6.45, 7) is 5.69. The molecule has 2 N–H and O–H groups in total. The molecule has 3 rings (SSSR count). The average Bonchev–Trinajstić information content (AvgIpc) is 3.03. The van der Waals surface area contributed by atoms with Crippen LogP contribution >= 0.6 is 24.0 Å². The fourth-order valence-corrected chi connectivity index (χ4v) is 4.15. The molecule has 176 valence electrons. The van der Waals surface area contributed by atoms with Crippen molar-refractivity contribution in [1.29, 1.82) is 0 Å². The van der Waals surface area contributed by atoms with Gasteiger partial charge in [-0.25, -0.2) is 0 Å². The summed E-state index contributed by atoms with van der Waals surface area (Å²) in [5.41, 5.74) is 1.000. The van der Waals surface area contributed by atoms with Gasteiger partial charge >= 0.3 is 0 Å². The van der Waals surface area contributed by atoms with E-state index in [2.05, 4.69) is 22.5 Å². The Labute approximate surface area is 207 Å². The standard InChI is InChI=1S/C23H33N5O3.HI/c1-3-25-23(27-14-10-17(11-15-27)16-20(29)24-2)26-12-6-7-13-28-21(30)18-8-4-5-9-19(18)22(28)31;/h4-5,8-9,17H,3,6-7,10-16H2,1-2H3,(H,24,29)(H,25,26);1H. The molecule has 0 bridgehead atoms. The number of rotatable bonds is 8. The first-order valence-corrected chi connectivity index (χ1v) is 11.2. The highest BCUT2D eigenvalue weighted by atomic mass is 127. The number of imide groups is 1. The zero-order chi connectivity index (χ0) is 22.2. The van der Waals surface area contributed by atoms with E-state index in [-0.39, 0.29) is 41.7 Å². The zero-order valence-corrected chi connectivity index (χ0v) is 21.3. The Morgan fingerprint density at radius 3 is 2.28 bits per heavy atom. The van der Waals surface area contributed by atoms with Gasteiger partial charge in [0, 0.05) is 46.2 Å². The molecule has 0 spiro atoms. The van der Waals surface area contributed by atoms with Gasteiger partial charge in [-0.05, 0) is 50.7 Å². The summed E-state index contributed by atoms with van der Waals surface area (Å²) < 4.78 is 0. The van der Waals surface area contributed by atoms with E-state index in [1.165, 1.54) is 4.90 Å². The van der Waals surface area contributed by atoms with Crippen LogP contribution in [0.5, 0.6) is 0 Å². The van der Waals surface area contributed by atoms with Gasteiger partial charge in [0.05, 0.1) is 11.1 Å². The highest BCUT2D eigenvalue weighted by molar-refractivity contribution is 14.0. The van der Waals surface area contributed by atoms with Gasteiger partial charge in [-0.1, -0.05) is 12.1 Å². The predicted octanol–water partition coefficient (Wildman–Crippen LogP) is 2.49. The Balaban J connectivity index is 0.00000363. The van der Waals surface area contributed by atoms with Crippen LogP contribution in [0.25, 0.3) is 0 Å². The SMILES string of the molecule is CCNC(=NCCCCN1C(=O)c2ccccc2C1=O)N1CCC(CC(=O)NC)CC1.I. The zero-order valence-electron chi connectivity index (χ0n) is 18.9. The van der Waals surface area contributed by atoms with Crippen molar-refractivity contribution in [3.63, 3.8) is 0 Å². The van der Waals surface area contributed by atoms with Crippen LogP contribution in [0.2, 0.25) is 0 Å². The molecule has 9 heteroatoms. The molecule has 0 aromatic heterocycles. The summed E-state index contributed by atoms with van der Waals surface area (Å²) in [5, 5.41) is 6.06. The number of carbonyl (C=O) groups excluding carboxylic acids is 3. The molecule has 32 heavy (non-hydrogen) atoms. The molecule has 2 aliphatic rings. The lowest BCUT2D eigenvalue weighted by Crippen LogP contribution is -2.46. The van der Waals surface area contributed by atoms with E-state index in [0.717, 1.165) is 51.3 Å². The lowest BCUT2D eigenvalue weighted by Gasteiger charge is -2.34. The number of amides is 3. The van der Waals surface area contributed by atoms with Gasteiger partial charge in [0.25, 0.3) is 11.8 Å². The number of benzene rings is 1. The molecular formula is C23H34IN5O3. The van der Waals surface area contributed by atoms with E-state index in [4.69, 9.17) is 4.99 Å². The van der Waals surface area contributed by atoms with Crippen LogP contribution in [0, 0.1) is 5.92 Å². The summed E-state index contributed by atoms with van der Waals surface area (Å²) in [5.74, 6) is 1.05. The maximum Gasteiger partial charge on any atom is 0.261 e. The van der Waals surface area contributed by atoms with E-state index in [0.29, 0.717) is 36.6 Å². The van der Waals surface area contributed by atoms with Crippen molar-refractivity contribution in [1.82, 2.24) is 20.4 Å². The van der Waals surface area contributed by atoms with E-state index < -0.39 is 0 Å².